The van der Waals surface area contributed by atoms with Crippen molar-refractivity contribution >= 4 is 16.7 Å². The Balaban J connectivity index is 1.67. The molecule has 0 saturated carbocycles. The van der Waals surface area contributed by atoms with E-state index < -0.39 is 0 Å². The van der Waals surface area contributed by atoms with Crippen LogP contribution in [0.15, 0.2) is 60.9 Å². The first-order valence-corrected chi connectivity index (χ1v) is 7.90. The minimum absolute atomic E-state index is 0.0141. The van der Waals surface area contributed by atoms with Crippen LogP contribution in [0.3, 0.4) is 0 Å². The van der Waals surface area contributed by atoms with Crippen molar-refractivity contribution in [2.75, 3.05) is 13.2 Å². The number of pyridine rings is 2. The lowest BCUT2D eigenvalue weighted by atomic mass is 10.0. The zero-order valence-electron chi connectivity index (χ0n) is 13.2. The molecule has 1 atom stereocenters. The maximum absolute atomic E-state index is 12.5. The number of aliphatic hydroxyl groups is 1. The molecule has 0 aliphatic rings. The zero-order valence-corrected chi connectivity index (χ0v) is 13.2. The fourth-order valence-corrected chi connectivity index (χ4v) is 2.64. The number of aromatic nitrogens is 2. The Kier molecular flexibility index (Phi) is 5.13. The van der Waals surface area contributed by atoms with Gasteiger partial charge in [-0.05, 0) is 30.0 Å². The molecule has 3 rings (SSSR count). The summed E-state index contributed by atoms with van der Waals surface area (Å²) in [5, 5.41) is 14.2. The highest BCUT2D eigenvalue weighted by molar-refractivity contribution is 6.05. The summed E-state index contributed by atoms with van der Waals surface area (Å²) < 4.78 is 0. The van der Waals surface area contributed by atoms with E-state index in [9.17, 15) is 9.90 Å². The average molecular weight is 321 g/mol. The van der Waals surface area contributed by atoms with Gasteiger partial charge in [0.15, 0.2) is 0 Å². The molecule has 2 N–H and O–H groups in total. The topological polar surface area (TPSA) is 75.1 Å². The van der Waals surface area contributed by atoms with Gasteiger partial charge in [-0.3, -0.25) is 14.8 Å². The van der Waals surface area contributed by atoms with Gasteiger partial charge in [0, 0.05) is 42.5 Å². The number of aliphatic hydroxyl groups excluding tert-OH is 1. The lowest BCUT2D eigenvalue weighted by Gasteiger charge is -2.15. The summed E-state index contributed by atoms with van der Waals surface area (Å²) in [6, 6.07) is 15.2. The molecule has 0 radical (unpaired) electrons. The molecule has 24 heavy (non-hydrogen) atoms. The van der Waals surface area contributed by atoms with Crippen LogP contribution in [0.2, 0.25) is 0 Å². The van der Waals surface area contributed by atoms with Crippen LogP contribution in [0, 0.1) is 5.92 Å². The Labute approximate surface area is 140 Å². The van der Waals surface area contributed by atoms with Crippen molar-refractivity contribution < 1.29 is 9.90 Å². The molecule has 0 saturated heterocycles. The summed E-state index contributed by atoms with van der Waals surface area (Å²) in [7, 11) is 0. The molecule has 122 valence electrons. The molecule has 2 aromatic heterocycles. The van der Waals surface area contributed by atoms with Gasteiger partial charge >= 0.3 is 0 Å². The van der Waals surface area contributed by atoms with Crippen LogP contribution in [-0.4, -0.2) is 34.1 Å². The highest BCUT2D eigenvalue weighted by Gasteiger charge is 2.15. The molecule has 3 aromatic rings. The van der Waals surface area contributed by atoms with Gasteiger partial charge < -0.3 is 10.4 Å². The second kappa shape index (κ2) is 7.66. The largest absolute Gasteiger partial charge is 0.396 e. The molecule has 1 unspecified atom stereocenters. The third-order valence-electron chi connectivity index (χ3n) is 3.92. The standard InChI is InChI=1S/C19H19N3O2/c23-13-14(11-16-6-3-4-9-20-16)12-22-19(24)18-17-7-2-1-5-15(17)8-10-21-18/h1-10,14,23H,11-13H2,(H,22,24). The molecule has 0 spiro atoms. The number of hydrogen-bond acceptors (Lipinski definition) is 4. The number of amides is 1. The Bertz CT molecular complexity index is 816. The van der Waals surface area contributed by atoms with Crippen LogP contribution in [0.1, 0.15) is 16.2 Å². The van der Waals surface area contributed by atoms with Crippen LogP contribution in [0.25, 0.3) is 10.8 Å². The Hall–Kier alpha value is -2.79. The van der Waals surface area contributed by atoms with E-state index in [0.717, 1.165) is 16.5 Å². The highest BCUT2D eigenvalue weighted by atomic mass is 16.3. The molecule has 2 heterocycles. The number of carbonyl (C=O) groups is 1. The fraction of sp³-hybridized carbons (Fsp3) is 0.211. The van der Waals surface area contributed by atoms with E-state index in [0.29, 0.717) is 18.7 Å². The quantitative estimate of drug-likeness (QED) is 0.730. The van der Waals surface area contributed by atoms with Gasteiger partial charge in [-0.2, -0.15) is 0 Å². The summed E-state index contributed by atoms with van der Waals surface area (Å²) in [4.78, 5) is 20.9. The first-order chi connectivity index (χ1) is 11.8. The number of carbonyl (C=O) groups excluding carboxylic acids is 1. The third kappa shape index (κ3) is 3.75. The predicted octanol–water partition coefficient (Wildman–Crippen LogP) is 2.21. The molecular weight excluding hydrogens is 302 g/mol. The Morgan fingerprint density at radius 1 is 1.04 bits per heavy atom. The van der Waals surface area contributed by atoms with Crippen molar-refractivity contribution in [3.8, 4) is 0 Å². The van der Waals surface area contributed by atoms with Crippen molar-refractivity contribution in [1.29, 1.82) is 0 Å². The maximum Gasteiger partial charge on any atom is 0.270 e. The molecule has 0 bridgehead atoms. The van der Waals surface area contributed by atoms with Crippen LogP contribution in [0.5, 0.6) is 0 Å². The minimum Gasteiger partial charge on any atom is -0.396 e. The monoisotopic (exact) mass is 321 g/mol. The number of benzene rings is 1. The molecule has 0 aliphatic carbocycles. The van der Waals surface area contributed by atoms with E-state index in [1.165, 1.54) is 0 Å². The first-order valence-electron chi connectivity index (χ1n) is 7.90. The molecule has 5 nitrogen and oxygen atoms in total. The smallest absolute Gasteiger partial charge is 0.270 e. The first kappa shape index (κ1) is 16.1. The van der Waals surface area contributed by atoms with Gasteiger partial charge in [-0.15, -0.1) is 0 Å². The van der Waals surface area contributed by atoms with Gasteiger partial charge in [0.05, 0.1) is 0 Å². The van der Waals surface area contributed by atoms with Crippen LogP contribution >= 0.6 is 0 Å². The summed E-state index contributed by atoms with van der Waals surface area (Å²) in [5.41, 5.74) is 1.30. The Morgan fingerprint density at radius 3 is 2.67 bits per heavy atom. The average Bonchev–Trinajstić information content (AvgIpc) is 2.65. The van der Waals surface area contributed by atoms with Gasteiger partial charge in [0.1, 0.15) is 5.69 Å². The van der Waals surface area contributed by atoms with E-state index >= 15 is 0 Å². The van der Waals surface area contributed by atoms with Gasteiger partial charge in [0.25, 0.3) is 5.91 Å². The zero-order chi connectivity index (χ0) is 16.8. The highest BCUT2D eigenvalue weighted by Crippen LogP contribution is 2.16. The normalized spacial score (nSPS) is 12.0. The lowest BCUT2D eigenvalue weighted by molar-refractivity contribution is 0.0936. The van der Waals surface area contributed by atoms with E-state index in [1.54, 1.807) is 12.4 Å². The summed E-state index contributed by atoms with van der Waals surface area (Å²) in [6.07, 6.45) is 3.97. The predicted molar refractivity (Wildman–Crippen MR) is 92.6 cm³/mol. The van der Waals surface area contributed by atoms with Crippen molar-refractivity contribution in [1.82, 2.24) is 15.3 Å². The van der Waals surface area contributed by atoms with E-state index in [1.807, 2.05) is 48.5 Å². The number of nitrogens with one attached hydrogen (secondary N) is 1. The third-order valence-corrected chi connectivity index (χ3v) is 3.92. The maximum atomic E-state index is 12.5. The summed E-state index contributed by atoms with van der Waals surface area (Å²) >= 11 is 0. The van der Waals surface area contributed by atoms with Gasteiger partial charge in [-0.1, -0.05) is 30.3 Å². The van der Waals surface area contributed by atoms with E-state index in [-0.39, 0.29) is 18.4 Å². The second-order valence-electron chi connectivity index (χ2n) is 5.66. The van der Waals surface area contributed by atoms with Gasteiger partial charge in [0.2, 0.25) is 0 Å². The lowest BCUT2D eigenvalue weighted by Crippen LogP contribution is -2.32. The number of nitrogens with zero attached hydrogens (tertiary/aromatic N) is 2. The molecule has 0 aliphatic heterocycles. The SMILES string of the molecule is O=C(NCC(CO)Cc1ccccn1)c1nccc2ccccc12. The van der Waals surface area contributed by atoms with Crippen molar-refractivity contribution in [2.24, 2.45) is 5.92 Å². The number of rotatable bonds is 6. The van der Waals surface area contributed by atoms with Gasteiger partial charge in [-0.25, -0.2) is 0 Å². The summed E-state index contributed by atoms with van der Waals surface area (Å²) in [6.45, 7) is 0.358. The number of fused-ring (bicyclic) bond motifs is 1. The van der Waals surface area contributed by atoms with E-state index in [2.05, 4.69) is 15.3 Å². The molecule has 1 amide bonds. The fourth-order valence-electron chi connectivity index (χ4n) is 2.64. The van der Waals surface area contributed by atoms with Crippen LogP contribution < -0.4 is 5.32 Å². The second-order valence-corrected chi connectivity index (χ2v) is 5.66. The van der Waals surface area contributed by atoms with Crippen molar-refractivity contribution in [3.05, 3.63) is 72.3 Å². The van der Waals surface area contributed by atoms with E-state index in [4.69, 9.17) is 0 Å². The molecular formula is C19H19N3O2. The molecule has 0 fully saturated rings. The number of hydrogen-bond donors (Lipinski definition) is 2. The van der Waals surface area contributed by atoms with Crippen molar-refractivity contribution in [3.63, 3.8) is 0 Å². The Morgan fingerprint density at radius 2 is 1.88 bits per heavy atom. The summed E-state index contributed by atoms with van der Waals surface area (Å²) in [5.74, 6) is -0.315. The van der Waals surface area contributed by atoms with Crippen LogP contribution in [-0.2, 0) is 6.42 Å². The van der Waals surface area contributed by atoms with Crippen LogP contribution in [0.4, 0.5) is 0 Å². The minimum atomic E-state index is -0.230. The molecule has 1 aromatic carbocycles. The molecule has 5 heteroatoms. The van der Waals surface area contributed by atoms with Crippen molar-refractivity contribution in [2.45, 2.75) is 6.42 Å².